The molecule has 2 fully saturated rings. The molecule has 160 valence electrons. The van der Waals surface area contributed by atoms with Crippen LogP contribution in [-0.4, -0.2) is 55.5 Å². The number of imide groups is 1. The maximum Gasteiger partial charge on any atom is 0.233 e. The van der Waals surface area contributed by atoms with Gasteiger partial charge in [0, 0.05) is 20.1 Å². The molecule has 2 bridgehead atoms. The maximum absolute atomic E-state index is 13.7. The lowest BCUT2D eigenvalue weighted by atomic mass is 9.85. The summed E-state index contributed by atoms with van der Waals surface area (Å²) in [5.74, 6) is 0.356. The smallest absolute Gasteiger partial charge is 0.233 e. The van der Waals surface area contributed by atoms with Crippen LogP contribution in [0.4, 0.5) is 4.39 Å². The largest absolute Gasteiger partial charge is 0.486 e. The van der Waals surface area contributed by atoms with Crippen LogP contribution in [0, 0.1) is 29.5 Å². The summed E-state index contributed by atoms with van der Waals surface area (Å²) in [6.45, 7) is 2.96. The second-order valence-electron chi connectivity index (χ2n) is 8.07. The molecule has 7 nitrogen and oxygen atoms in total. The Hall–Kier alpha value is -2.90. The Morgan fingerprint density at radius 2 is 1.87 bits per heavy atom. The van der Waals surface area contributed by atoms with E-state index in [1.807, 2.05) is 6.92 Å². The first kappa shape index (κ1) is 20.4. The fraction of sp³-hybridized carbons (Fsp3) is 0.500. The number of ether oxygens (including phenoxy) is 1. The molecule has 1 saturated carbocycles. The van der Waals surface area contributed by atoms with Gasteiger partial charge < -0.3 is 15.4 Å². The van der Waals surface area contributed by atoms with Gasteiger partial charge in [-0.3, -0.25) is 19.5 Å². The van der Waals surface area contributed by atoms with Crippen molar-refractivity contribution in [1.82, 2.24) is 15.5 Å². The first-order chi connectivity index (χ1) is 14.5. The lowest BCUT2D eigenvalue weighted by Crippen LogP contribution is -2.45. The lowest BCUT2D eigenvalue weighted by molar-refractivity contribution is -0.140. The van der Waals surface area contributed by atoms with E-state index in [0.29, 0.717) is 25.6 Å². The molecule has 1 saturated heterocycles. The molecule has 5 atom stereocenters. The van der Waals surface area contributed by atoms with E-state index >= 15 is 0 Å². The fourth-order valence-electron chi connectivity index (χ4n) is 4.73. The van der Waals surface area contributed by atoms with E-state index in [2.05, 4.69) is 27.8 Å². The third-order valence-corrected chi connectivity index (χ3v) is 6.13. The van der Waals surface area contributed by atoms with E-state index in [0.717, 1.165) is 6.42 Å². The molecule has 4 rings (SSSR count). The van der Waals surface area contributed by atoms with Gasteiger partial charge in [0.2, 0.25) is 11.8 Å². The standard InChI is InChI=1S/C22H27FN4O3/c1-13(30-17-6-4-3-5-16(17)23)12-26-22(24-2)25-9-10-27-20(28)18-14-7-8-15(11-14)19(18)21(27)29/h3-8,13-15,18-19H,9-12H2,1-2H3,(H2,24,25,26). The zero-order chi connectivity index (χ0) is 21.3. The summed E-state index contributed by atoms with van der Waals surface area (Å²) in [4.78, 5) is 30.9. The first-order valence-corrected chi connectivity index (χ1v) is 10.4. The quantitative estimate of drug-likeness (QED) is 0.306. The third-order valence-electron chi connectivity index (χ3n) is 6.13. The van der Waals surface area contributed by atoms with E-state index in [1.165, 1.54) is 11.0 Å². The maximum atomic E-state index is 13.7. The molecule has 2 N–H and O–H groups in total. The van der Waals surface area contributed by atoms with Crippen molar-refractivity contribution in [1.29, 1.82) is 0 Å². The van der Waals surface area contributed by atoms with Gasteiger partial charge in [-0.1, -0.05) is 24.3 Å². The lowest BCUT2D eigenvalue weighted by Gasteiger charge is -2.20. The number of benzene rings is 1. The number of hydrogen-bond acceptors (Lipinski definition) is 4. The molecule has 2 aliphatic carbocycles. The predicted molar refractivity (Wildman–Crippen MR) is 110 cm³/mol. The van der Waals surface area contributed by atoms with Crippen molar-refractivity contribution in [2.75, 3.05) is 26.7 Å². The molecule has 1 aliphatic heterocycles. The molecule has 1 aromatic rings. The summed E-state index contributed by atoms with van der Waals surface area (Å²) >= 11 is 0. The average molecular weight is 414 g/mol. The molecule has 0 radical (unpaired) electrons. The second-order valence-corrected chi connectivity index (χ2v) is 8.07. The van der Waals surface area contributed by atoms with Crippen molar-refractivity contribution in [2.24, 2.45) is 28.7 Å². The van der Waals surface area contributed by atoms with Crippen molar-refractivity contribution in [3.8, 4) is 5.75 Å². The first-order valence-electron chi connectivity index (χ1n) is 10.4. The Morgan fingerprint density at radius 3 is 2.50 bits per heavy atom. The van der Waals surface area contributed by atoms with E-state index in [-0.39, 0.29) is 47.3 Å². The van der Waals surface area contributed by atoms with E-state index in [1.54, 1.807) is 25.2 Å². The minimum atomic E-state index is -0.403. The summed E-state index contributed by atoms with van der Waals surface area (Å²) in [6.07, 6.45) is 4.83. The van der Waals surface area contributed by atoms with Crippen LogP contribution in [0.3, 0.4) is 0 Å². The Morgan fingerprint density at radius 1 is 1.20 bits per heavy atom. The molecule has 8 heteroatoms. The number of hydrogen-bond donors (Lipinski definition) is 2. The Labute approximate surface area is 175 Å². The van der Waals surface area contributed by atoms with Crippen molar-refractivity contribution in [2.45, 2.75) is 19.4 Å². The van der Waals surface area contributed by atoms with Crippen LogP contribution >= 0.6 is 0 Å². The van der Waals surface area contributed by atoms with Gasteiger partial charge in [0.05, 0.1) is 18.4 Å². The summed E-state index contributed by atoms with van der Waals surface area (Å²) in [5, 5.41) is 6.23. The molecule has 1 heterocycles. The van der Waals surface area contributed by atoms with Crippen molar-refractivity contribution in [3.63, 3.8) is 0 Å². The zero-order valence-corrected chi connectivity index (χ0v) is 17.2. The monoisotopic (exact) mass is 414 g/mol. The Bertz CT molecular complexity index is 857. The number of amides is 2. The van der Waals surface area contributed by atoms with E-state index < -0.39 is 5.82 Å². The summed E-state index contributed by atoms with van der Waals surface area (Å²) in [5.41, 5.74) is 0. The van der Waals surface area contributed by atoms with E-state index in [4.69, 9.17) is 4.74 Å². The van der Waals surface area contributed by atoms with Gasteiger partial charge >= 0.3 is 0 Å². The van der Waals surface area contributed by atoms with Gasteiger partial charge in [0.25, 0.3) is 0 Å². The topological polar surface area (TPSA) is 83.0 Å². The summed E-state index contributed by atoms with van der Waals surface area (Å²) in [7, 11) is 1.64. The van der Waals surface area contributed by atoms with Crippen LogP contribution in [0.1, 0.15) is 13.3 Å². The average Bonchev–Trinajstić information content (AvgIpc) is 3.41. The highest BCUT2D eigenvalue weighted by molar-refractivity contribution is 6.06. The highest BCUT2D eigenvalue weighted by Crippen LogP contribution is 2.52. The predicted octanol–water partition coefficient (Wildman–Crippen LogP) is 1.57. The van der Waals surface area contributed by atoms with Crippen LogP contribution in [0.2, 0.25) is 0 Å². The van der Waals surface area contributed by atoms with Gasteiger partial charge in [0.15, 0.2) is 17.5 Å². The highest BCUT2D eigenvalue weighted by atomic mass is 19.1. The van der Waals surface area contributed by atoms with Gasteiger partial charge in [-0.2, -0.15) is 0 Å². The molecule has 30 heavy (non-hydrogen) atoms. The molecule has 5 unspecified atom stereocenters. The number of likely N-dealkylation sites (tertiary alicyclic amines) is 1. The normalized spacial score (nSPS) is 28.1. The molecule has 2 amide bonds. The van der Waals surface area contributed by atoms with Gasteiger partial charge in [-0.15, -0.1) is 0 Å². The third kappa shape index (κ3) is 3.78. The van der Waals surface area contributed by atoms with Crippen molar-refractivity contribution < 1.29 is 18.7 Å². The molecule has 3 aliphatic rings. The number of nitrogens with zero attached hydrogens (tertiary/aromatic N) is 2. The van der Waals surface area contributed by atoms with Gasteiger partial charge in [-0.05, 0) is 37.3 Å². The van der Waals surface area contributed by atoms with Crippen LogP contribution in [0.15, 0.2) is 41.4 Å². The Kier molecular flexibility index (Phi) is 5.74. The number of carbonyl (C=O) groups excluding carboxylic acids is 2. The minimum absolute atomic E-state index is 0.0430. The number of nitrogens with one attached hydrogen (secondary N) is 2. The summed E-state index contributed by atoms with van der Waals surface area (Å²) < 4.78 is 19.3. The number of aliphatic imine (C=N–C) groups is 1. The number of allylic oxidation sites excluding steroid dienone is 2. The SMILES string of the molecule is CN=C(NCCN1C(=O)C2C3C=CC(C3)C2C1=O)NCC(C)Oc1ccccc1F. The number of halogens is 1. The van der Waals surface area contributed by atoms with Crippen LogP contribution < -0.4 is 15.4 Å². The van der Waals surface area contributed by atoms with Crippen LogP contribution in [0.25, 0.3) is 0 Å². The number of fused-ring (bicyclic) bond motifs is 5. The minimum Gasteiger partial charge on any atom is -0.486 e. The molecule has 0 spiro atoms. The molecular weight excluding hydrogens is 387 g/mol. The number of para-hydroxylation sites is 1. The zero-order valence-electron chi connectivity index (χ0n) is 17.2. The van der Waals surface area contributed by atoms with Crippen LogP contribution in [0.5, 0.6) is 5.75 Å². The fourth-order valence-corrected chi connectivity index (χ4v) is 4.73. The van der Waals surface area contributed by atoms with Crippen molar-refractivity contribution >= 4 is 17.8 Å². The second kappa shape index (κ2) is 8.45. The van der Waals surface area contributed by atoms with Crippen molar-refractivity contribution in [3.05, 3.63) is 42.2 Å². The number of carbonyl (C=O) groups is 2. The highest BCUT2D eigenvalue weighted by Gasteiger charge is 2.58. The number of guanidine groups is 1. The Balaban J connectivity index is 1.22. The number of rotatable bonds is 7. The van der Waals surface area contributed by atoms with Gasteiger partial charge in [0.1, 0.15) is 6.10 Å². The molecule has 0 aromatic heterocycles. The molecule has 1 aromatic carbocycles. The van der Waals surface area contributed by atoms with E-state index in [9.17, 15) is 14.0 Å². The molecular formula is C22H27FN4O3. The van der Waals surface area contributed by atoms with Crippen LogP contribution in [-0.2, 0) is 9.59 Å². The van der Waals surface area contributed by atoms with Gasteiger partial charge in [-0.25, -0.2) is 4.39 Å². The summed E-state index contributed by atoms with van der Waals surface area (Å²) in [6, 6.07) is 6.27.